The van der Waals surface area contributed by atoms with Crippen molar-refractivity contribution in [1.82, 2.24) is 14.7 Å². The number of hydrogen-bond donors (Lipinski definition) is 1. The number of carbonyl (C=O) groups is 2. The highest BCUT2D eigenvalue weighted by molar-refractivity contribution is 6.17. The number of benzene rings is 1. The average Bonchev–Trinajstić information content (AvgIpc) is 3.24. The Balaban J connectivity index is 1.80. The number of amides is 2. The standard InChI is InChI=1S/C18H21N5O2/c1-2-22-17-15(11-19-22)23(16(24)12-21-9-5-6-10-21)14-8-4-3-7-13(14)20-18(17)25/h3-4,7-8,11H,2,5-6,9-10,12H2,1H3,(H,20,25). The van der Waals surface area contributed by atoms with Gasteiger partial charge in [0.15, 0.2) is 5.69 Å². The molecule has 0 atom stereocenters. The van der Waals surface area contributed by atoms with Gasteiger partial charge in [0.25, 0.3) is 5.91 Å². The highest BCUT2D eigenvalue weighted by atomic mass is 16.2. The highest BCUT2D eigenvalue weighted by Crippen LogP contribution is 2.37. The fourth-order valence-electron chi connectivity index (χ4n) is 3.57. The lowest BCUT2D eigenvalue weighted by Gasteiger charge is -2.24. The molecule has 0 saturated carbocycles. The van der Waals surface area contributed by atoms with Crippen molar-refractivity contribution >= 4 is 28.9 Å². The van der Waals surface area contributed by atoms with Crippen molar-refractivity contribution in [2.75, 3.05) is 29.9 Å². The summed E-state index contributed by atoms with van der Waals surface area (Å²) >= 11 is 0. The fourth-order valence-corrected chi connectivity index (χ4v) is 3.57. The van der Waals surface area contributed by atoms with E-state index in [2.05, 4.69) is 15.3 Å². The van der Waals surface area contributed by atoms with Gasteiger partial charge >= 0.3 is 0 Å². The summed E-state index contributed by atoms with van der Waals surface area (Å²) in [6.07, 6.45) is 3.87. The zero-order valence-corrected chi connectivity index (χ0v) is 14.2. The Morgan fingerprint density at radius 2 is 1.96 bits per heavy atom. The summed E-state index contributed by atoms with van der Waals surface area (Å²) < 4.78 is 1.63. The van der Waals surface area contributed by atoms with Gasteiger partial charge in [0.05, 0.1) is 24.1 Å². The number of fused-ring (bicyclic) bond motifs is 2. The van der Waals surface area contributed by atoms with E-state index in [4.69, 9.17) is 0 Å². The molecular weight excluding hydrogens is 318 g/mol. The lowest BCUT2D eigenvalue weighted by Crippen LogP contribution is -2.37. The van der Waals surface area contributed by atoms with Crippen LogP contribution in [0.1, 0.15) is 30.3 Å². The number of hydrogen-bond acceptors (Lipinski definition) is 4. The van der Waals surface area contributed by atoms with Crippen molar-refractivity contribution in [2.45, 2.75) is 26.3 Å². The van der Waals surface area contributed by atoms with Gasteiger partial charge in [-0.2, -0.15) is 5.10 Å². The first-order chi connectivity index (χ1) is 12.2. The number of aryl methyl sites for hydroxylation is 1. The molecule has 1 aromatic carbocycles. The Hall–Kier alpha value is -2.67. The molecule has 4 rings (SSSR count). The molecule has 25 heavy (non-hydrogen) atoms. The average molecular weight is 339 g/mol. The number of para-hydroxylation sites is 2. The predicted molar refractivity (Wildman–Crippen MR) is 95.1 cm³/mol. The molecule has 2 aliphatic rings. The highest BCUT2D eigenvalue weighted by Gasteiger charge is 2.33. The SMILES string of the molecule is CCn1ncc2c1C(=O)Nc1ccccc1N2C(=O)CN1CCCC1. The fraction of sp³-hybridized carbons (Fsp3) is 0.389. The van der Waals surface area contributed by atoms with Crippen LogP contribution in [0.4, 0.5) is 17.1 Å². The Kier molecular flexibility index (Phi) is 4.01. The normalized spacial score (nSPS) is 17.0. The monoisotopic (exact) mass is 339 g/mol. The molecule has 7 heteroatoms. The van der Waals surface area contributed by atoms with Crippen molar-refractivity contribution in [1.29, 1.82) is 0 Å². The molecule has 1 aromatic heterocycles. The van der Waals surface area contributed by atoms with Crippen LogP contribution in [0.2, 0.25) is 0 Å². The Labute approximate surface area is 146 Å². The maximum absolute atomic E-state index is 13.1. The Morgan fingerprint density at radius 3 is 2.72 bits per heavy atom. The van der Waals surface area contributed by atoms with Gasteiger partial charge in [0.1, 0.15) is 5.69 Å². The molecular formula is C18H21N5O2. The van der Waals surface area contributed by atoms with Crippen molar-refractivity contribution < 1.29 is 9.59 Å². The summed E-state index contributed by atoms with van der Waals surface area (Å²) in [4.78, 5) is 29.6. The first kappa shape index (κ1) is 15.8. The molecule has 1 saturated heterocycles. The summed E-state index contributed by atoms with van der Waals surface area (Å²) in [5.41, 5.74) is 2.30. The van der Waals surface area contributed by atoms with Gasteiger partial charge in [-0.15, -0.1) is 0 Å². The summed E-state index contributed by atoms with van der Waals surface area (Å²) in [7, 11) is 0. The number of rotatable bonds is 3. The van der Waals surface area contributed by atoms with Crippen LogP contribution >= 0.6 is 0 Å². The number of nitrogens with one attached hydrogen (secondary N) is 1. The van der Waals surface area contributed by atoms with Gasteiger partial charge in [-0.25, -0.2) is 0 Å². The van der Waals surface area contributed by atoms with Crippen LogP contribution in [0, 0.1) is 0 Å². The Bertz CT molecular complexity index is 823. The first-order valence-corrected chi connectivity index (χ1v) is 8.70. The zero-order chi connectivity index (χ0) is 17.4. The molecule has 0 spiro atoms. The molecule has 2 amide bonds. The van der Waals surface area contributed by atoms with Crippen LogP contribution in [0.3, 0.4) is 0 Å². The number of carbonyl (C=O) groups excluding carboxylic acids is 2. The van der Waals surface area contributed by atoms with E-state index in [0.717, 1.165) is 25.9 Å². The van der Waals surface area contributed by atoms with Gasteiger partial charge < -0.3 is 5.32 Å². The number of nitrogens with zero attached hydrogens (tertiary/aromatic N) is 4. The van der Waals surface area contributed by atoms with Gasteiger partial charge in [0.2, 0.25) is 5.91 Å². The minimum Gasteiger partial charge on any atom is -0.319 e. The van der Waals surface area contributed by atoms with Crippen LogP contribution in [-0.2, 0) is 11.3 Å². The van der Waals surface area contributed by atoms with Crippen LogP contribution in [0.25, 0.3) is 0 Å². The third-order valence-electron chi connectivity index (χ3n) is 4.78. The van der Waals surface area contributed by atoms with Crippen molar-refractivity contribution in [3.8, 4) is 0 Å². The first-order valence-electron chi connectivity index (χ1n) is 8.70. The van der Waals surface area contributed by atoms with Gasteiger partial charge in [-0.1, -0.05) is 12.1 Å². The van der Waals surface area contributed by atoms with Crippen molar-refractivity contribution in [3.05, 3.63) is 36.2 Å². The predicted octanol–water partition coefficient (Wildman–Crippen LogP) is 2.23. The molecule has 130 valence electrons. The third kappa shape index (κ3) is 2.70. The summed E-state index contributed by atoms with van der Waals surface area (Å²) in [6, 6.07) is 7.40. The number of anilines is 3. The molecule has 3 heterocycles. The van der Waals surface area contributed by atoms with Gasteiger partial charge in [0, 0.05) is 6.54 Å². The Morgan fingerprint density at radius 1 is 1.20 bits per heavy atom. The van der Waals surface area contributed by atoms with E-state index in [0.29, 0.717) is 35.8 Å². The molecule has 7 nitrogen and oxygen atoms in total. The van der Waals surface area contributed by atoms with Crippen LogP contribution in [0.15, 0.2) is 30.5 Å². The minimum atomic E-state index is -0.238. The third-order valence-corrected chi connectivity index (χ3v) is 4.78. The topological polar surface area (TPSA) is 70.5 Å². The molecule has 2 aromatic rings. The second kappa shape index (κ2) is 6.33. The molecule has 0 bridgehead atoms. The molecule has 0 radical (unpaired) electrons. The molecule has 2 aliphatic heterocycles. The van der Waals surface area contributed by atoms with Crippen LogP contribution < -0.4 is 10.2 Å². The quantitative estimate of drug-likeness (QED) is 0.931. The summed E-state index contributed by atoms with van der Waals surface area (Å²) in [5, 5.41) is 7.20. The molecule has 0 unspecified atom stereocenters. The van der Waals surface area contributed by atoms with Crippen molar-refractivity contribution in [2.24, 2.45) is 0 Å². The van der Waals surface area contributed by atoms with Gasteiger partial charge in [-0.3, -0.25) is 24.1 Å². The smallest absolute Gasteiger partial charge is 0.276 e. The van der Waals surface area contributed by atoms with E-state index in [1.165, 1.54) is 0 Å². The van der Waals surface area contributed by atoms with Crippen LogP contribution in [0.5, 0.6) is 0 Å². The van der Waals surface area contributed by atoms with Crippen molar-refractivity contribution in [3.63, 3.8) is 0 Å². The largest absolute Gasteiger partial charge is 0.319 e. The second-order valence-electron chi connectivity index (χ2n) is 6.38. The van der Waals surface area contributed by atoms with Crippen LogP contribution in [-0.4, -0.2) is 46.1 Å². The van der Waals surface area contributed by atoms with E-state index in [9.17, 15) is 9.59 Å². The van der Waals surface area contributed by atoms with E-state index in [-0.39, 0.29) is 11.8 Å². The summed E-state index contributed by atoms with van der Waals surface area (Å²) in [6.45, 7) is 4.72. The second-order valence-corrected chi connectivity index (χ2v) is 6.38. The molecule has 1 N–H and O–H groups in total. The maximum atomic E-state index is 13.1. The number of aromatic nitrogens is 2. The van der Waals surface area contributed by atoms with E-state index < -0.39 is 0 Å². The molecule has 0 aliphatic carbocycles. The molecule has 1 fully saturated rings. The van der Waals surface area contributed by atoms with Gasteiger partial charge in [-0.05, 0) is 45.0 Å². The minimum absolute atomic E-state index is 0.0391. The maximum Gasteiger partial charge on any atom is 0.276 e. The lowest BCUT2D eigenvalue weighted by atomic mass is 10.2. The van der Waals surface area contributed by atoms with E-state index in [1.807, 2.05) is 31.2 Å². The van der Waals surface area contributed by atoms with E-state index >= 15 is 0 Å². The zero-order valence-electron chi connectivity index (χ0n) is 14.2. The summed E-state index contributed by atoms with van der Waals surface area (Å²) in [5.74, 6) is -0.277. The lowest BCUT2D eigenvalue weighted by molar-refractivity contribution is -0.118. The number of likely N-dealkylation sites (tertiary alicyclic amines) is 1. The van der Waals surface area contributed by atoms with E-state index in [1.54, 1.807) is 15.8 Å².